The number of rotatable bonds is 7. The summed E-state index contributed by atoms with van der Waals surface area (Å²) in [7, 11) is 1.57. The monoisotopic (exact) mass is 482 g/mol. The standard InChI is InChI=1S/C23H19BrN2O5/c1-30-18-12-10-17(11-13-18)26-22(28)15-6-8-16(9-7-15)25-21(27)14-31-23(29)19-4-2-3-5-20(19)24/h2-13H,14H2,1H3,(H,25,27)(H,26,28). The molecule has 0 unspecified atom stereocenters. The predicted octanol–water partition coefficient (Wildman–Crippen LogP) is 4.51. The van der Waals surface area contributed by atoms with Crippen LogP contribution in [0.15, 0.2) is 77.3 Å². The van der Waals surface area contributed by atoms with Gasteiger partial charge in [-0.25, -0.2) is 4.79 Å². The van der Waals surface area contributed by atoms with Crippen molar-refractivity contribution in [1.29, 1.82) is 0 Å². The van der Waals surface area contributed by atoms with Crippen LogP contribution < -0.4 is 15.4 Å². The number of benzene rings is 3. The highest BCUT2D eigenvalue weighted by Gasteiger charge is 2.13. The molecule has 8 heteroatoms. The molecular weight excluding hydrogens is 464 g/mol. The van der Waals surface area contributed by atoms with Gasteiger partial charge in [-0.3, -0.25) is 9.59 Å². The molecule has 0 aromatic heterocycles. The third-order valence-corrected chi connectivity index (χ3v) is 4.90. The van der Waals surface area contributed by atoms with Gasteiger partial charge in [0.2, 0.25) is 0 Å². The minimum absolute atomic E-state index is 0.287. The van der Waals surface area contributed by atoms with E-state index in [0.717, 1.165) is 0 Å². The van der Waals surface area contributed by atoms with Crippen molar-refractivity contribution in [2.75, 3.05) is 24.4 Å². The highest BCUT2D eigenvalue weighted by Crippen LogP contribution is 2.18. The number of hydrogen-bond acceptors (Lipinski definition) is 5. The van der Waals surface area contributed by atoms with Crippen molar-refractivity contribution in [3.05, 3.63) is 88.4 Å². The third-order valence-electron chi connectivity index (χ3n) is 4.21. The number of halogens is 1. The quantitative estimate of drug-likeness (QED) is 0.483. The summed E-state index contributed by atoms with van der Waals surface area (Å²) in [5, 5.41) is 5.40. The van der Waals surface area contributed by atoms with Gasteiger partial charge in [0.25, 0.3) is 11.8 Å². The second-order valence-corrected chi connectivity index (χ2v) is 7.22. The van der Waals surface area contributed by atoms with Crippen molar-refractivity contribution in [3.63, 3.8) is 0 Å². The van der Waals surface area contributed by atoms with E-state index in [-0.39, 0.29) is 5.91 Å². The average molecular weight is 483 g/mol. The van der Waals surface area contributed by atoms with Crippen LogP contribution in [0.2, 0.25) is 0 Å². The highest BCUT2D eigenvalue weighted by atomic mass is 79.9. The maximum atomic E-state index is 12.4. The average Bonchev–Trinajstić information content (AvgIpc) is 2.78. The van der Waals surface area contributed by atoms with Crippen LogP contribution in [0.1, 0.15) is 20.7 Å². The first-order valence-electron chi connectivity index (χ1n) is 9.23. The lowest BCUT2D eigenvalue weighted by molar-refractivity contribution is -0.119. The molecule has 7 nitrogen and oxygen atoms in total. The summed E-state index contributed by atoms with van der Waals surface area (Å²) in [4.78, 5) is 36.5. The molecule has 0 heterocycles. The van der Waals surface area contributed by atoms with E-state index in [1.807, 2.05) is 0 Å². The van der Waals surface area contributed by atoms with Crippen molar-refractivity contribution in [2.24, 2.45) is 0 Å². The predicted molar refractivity (Wildman–Crippen MR) is 120 cm³/mol. The van der Waals surface area contributed by atoms with Crippen molar-refractivity contribution >= 4 is 45.1 Å². The lowest BCUT2D eigenvalue weighted by Crippen LogP contribution is -2.21. The maximum Gasteiger partial charge on any atom is 0.339 e. The van der Waals surface area contributed by atoms with Crippen molar-refractivity contribution in [3.8, 4) is 5.75 Å². The van der Waals surface area contributed by atoms with Crippen molar-refractivity contribution < 1.29 is 23.9 Å². The zero-order valence-corrected chi connectivity index (χ0v) is 18.1. The van der Waals surface area contributed by atoms with E-state index in [4.69, 9.17) is 9.47 Å². The molecule has 158 valence electrons. The number of carbonyl (C=O) groups excluding carboxylic acids is 3. The molecule has 0 aliphatic heterocycles. The number of hydrogen-bond donors (Lipinski definition) is 2. The molecule has 2 N–H and O–H groups in total. The number of anilines is 2. The Kier molecular flexibility index (Phi) is 7.40. The first-order valence-corrected chi connectivity index (χ1v) is 10.0. The van der Waals surface area contributed by atoms with E-state index in [1.54, 1.807) is 79.9 Å². The number of esters is 1. The topological polar surface area (TPSA) is 93.7 Å². The first-order chi connectivity index (χ1) is 15.0. The van der Waals surface area contributed by atoms with Gasteiger partial charge in [0, 0.05) is 21.4 Å². The lowest BCUT2D eigenvalue weighted by Gasteiger charge is -2.09. The number of ether oxygens (including phenoxy) is 2. The molecule has 0 saturated heterocycles. The van der Waals surface area contributed by atoms with Gasteiger partial charge in [0.1, 0.15) is 5.75 Å². The van der Waals surface area contributed by atoms with Gasteiger partial charge in [-0.05, 0) is 76.6 Å². The molecule has 0 aliphatic carbocycles. The van der Waals surface area contributed by atoms with Crippen LogP contribution in [0.25, 0.3) is 0 Å². The van der Waals surface area contributed by atoms with Gasteiger partial charge in [-0.2, -0.15) is 0 Å². The summed E-state index contributed by atoms with van der Waals surface area (Å²) in [5.41, 5.74) is 1.87. The summed E-state index contributed by atoms with van der Waals surface area (Å²) in [6, 6.07) is 20.1. The van der Waals surface area contributed by atoms with Crippen LogP contribution in [0.4, 0.5) is 11.4 Å². The Balaban J connectivity index is 1.51. The van der Waals surface area contributed by atoms with Crippen molar-refractivity contribution in [2.45, 2.75) is 0 Å². The third kappa shape index (κ3) is 6.16. The number of nitrogens with one attached hydrogen (secondary N) is 2. The van der Waals surface area contributed by atoms with E-state index in [9.17, 15) is 14.4 Å². The molecule has 0 fully saturated rings. The maximum absolute atomic E-state index is 12.4. The number of methoxy groups -OCH3 is 1. The molecule has 0 atom stereocenters. The van der Waals surface area contributed by atoms with E-state index in [0.29, 0.717) is 32.7 Å². The molecular formula is C23H19BrN2O5. The normalized spacial score (nSPS) is 10.1. The Morgan fingerprint density at radius 1 is 0.839 bits per heavy atom. The Morgan fingerprint density at radius 3 is 2.10 bits per heavy atom. The molecule has 31 heavy (non-hydrogen) atoms. The summed E-state index contributed by atoms with van der Waals surface area (Å²) < 4.78 is 10.7. The van der Waals surface area contributed by atoms with Gasteiger partial charge in [0.05, 0.1) is 12.7 Å². The zero-order chi connectivity index (χ0) is 22.2. The summed E-state index contributed by atoms with van der Waals surface area (Å²) in [6.07, 6.45) is 0. The van der Waals surface area contributed by atoms with Gasteiger partial charge >= 0.3 is 5.97 Å². The minimum atomic E-state index is -0.604. The largest absolute Gasteiger partial charge is 0.497 e. The van der Waals surface area contributed by atoms with E-state index in [1.165, 1.54) is 0 Å². The first kappa shape index (κ1) is 22.0. The fraction of sp³-hybridized carbons (Fsp3) is 0.0870. The Morgan fingerprint density at radius 2 is 1.45 bits per heavy atom. The van der Waals surface area contributed by atoms with Crippen LogP contribution in [-0.4, -0.2) is 31.5 Å². The number of amides is 2. The highest BCUT2D eigenvalue weighted by molar-refractivity contribution is 9.10. The summed E-state index contributed by atoms with van der Waals surface area (Å²) in [5.74, 6) is -0.686. The molecule has 0 spiro atoms. The molecule has 0 radical (unpaired) electrons. The molecule has 3 aromatic carbocycles. The molecule has 2 amide bonds. The molecule has 0 saturated carbocycles. The zero-order valence-electron chi connectivity index (χ0n) is 16.6. The van der Waals surface area contributed by atoms with Crippen LogP contribution in [0, 0.1) is 0 Å². The van der Waals surface area contributed by atoms with Crippen LogP contribution in [-0.2, 0) is 9.53 Å². The SMILES string of the molecule is COc1ccc(NC(=O)c2ccc(NC(=O)COC(=O)c3ccccc3Br)cc2)cc1. The van der Waals surface area contributed by atoms with Crippen molar-refractivity contribution in [1.82, 2.24) is 0 Å². The smallest absolute Gasteiger partial charge is 0.339 e. The summed E-state index contributed by atoms with van der Waals surface area (Å²) in [6.45, 7) is -0.431. The van der Waals surface area contributed by atoms with Gasteiger partial charge < -0.3 is 20.1 Å². The fourth-order valence-electron chi connectivity index (χ4n) is 2.62. The summed E-state index contributed by atoms with van der Waals surface area (Å²) >= 11 is 3.26. The van der Waals surface area contributed by atoms with Crippen LogP contribution >= 0.6 is 15.9 Å². The molecule has 0 bridgehead atoms. The van der Waals surface area contributed by atoms with E-state index >= 15 is 0 Å². The Labute approximate surface area is 187 Å². The van der Waals surface area contributed by atoms with E-state index in [2.05, 4.69) is 26.6 Å². The van der Waals surface area contributed by atoms with Gasteiger partial charge in [-0.1, -0.05) is 12.1 Å². The Bertz CT molecular complexity index is 1080. The molecule has 0 aliphatic rings. The number of carbonyl (C=O) groups is 3. The second kappa shape index (κ2) is 10.4. The molecule has 3 aromatic rings. The second-order valence-electron chi connectivity index (χ2n) is 6.36. The van der Waals surface area contributed by atoms with Gasteiger partial charge in [-0.15, -0.1) is 0 Å². The van der Waals surface area contributed by atoms with Gasteiger partial charge in [0.15, 0.2) is 6.61 Å². The lowest BCUT2D eigenvalue weighted by atomic mass is 10.2. The van der Waals surface area contributed by atoms with E-state index < -0.39 is 18.5 Å². The Hall–Kier alpha value is -3.65. The van der Waals surface area contributed by atoms with Crippen LogP contribution in [0.3, 0.4) is 0 Å². The fourth-order valence-corrected chi connectivity index (χ4v) is 3.06. The molecule has 3 rings (SSSR count). The van der Waals surface area contributed by atoms with Crippen LogP contribution in [0.5, 0.6) is 5.75 Å². The minimum Gasteiger partial charge on any atom is -0.497 e.